The molecule has 0 spiro atoms. The van der Waals surface area contributed by atoms with Crippen molar-refractivity contribution in [3.63, 3.8) is 0 Å². The second-order valence-corrected chi connectivity index (χ2v) is 7.73. The molecule has 5 heteroatoms. The average Bonchev–Trinajstić information content (AvgIpc) is 2.59. The minimum atomic E-state index is -0.286. The van der Waals surface area contributed by atoms with Gasteiger partial charge in [0.05, 0.1) is 11.1 Å². The Morgan fingerprint density at radius 2 is 2.12 bits per heavy atom. The summed E-state index contributed by atoms with van der Waals surface area (Å²) in [5, 5.41) is 12.3. The molecule has 1 aromatic carbocycles. The van der Waals surface area contributed by atoms with Gasteiger partial charge < -0.3 is 10.1 Å². The van der Waals surface area contributed by atoms with E-state index in [9.17, 15) is 10.1 Å². The molecular formula is C20H25BrN2O2. The Balaban J connectivity index is 2.06. The molecule has 1 aliphatic rings. The summed E-state index contributed by atoms with van der Waals surface area (Å²) in [5.74, 6) is 0.918. The Labute approximate surface area is 158 Å². The Morgan fingerprint density at radius 1 is 1.40 bits per heavy atom. The van der Waals surface area contributed by atoms with Crippen LogP contribution in [0.3, 0.4) is 0 Å². The molecule has 134 valence electrons. The maximum absolute atomic E-state index is 12.3. The van der Waals surface area contributed by atoms with E-state index < -0.39 is 0 Å². The number of halogens is 1. The second kappa shape index (κ2) is 9.62. The van der Waals surface area contributed by atoms with Crippen LogP contribution in [0.15, 0.2) is 28.2 Å². The number of carbonyl (C=O) groups excluding carboxylic acids is 1. The van der Waals surface area contributed by atoms with E-state index in [2.05, 4.69) is 35.1 Å². The minimum Gasteiger partial charge on any atom is -0.492 e. The predicted molar refractivity (Wildman–Crippen MR) is 103 cm³/mol. The molecule has 0 heterocycles. The van der Waals surface area contributed by atoms with E-state index >= 15 is 0 Å². The molecule has 1 aromatic rings. The van der Waals surface area contributed by atoms with Gasteiger partial charge in [-0.25, -0.2) is 0 Å². The smallest absolute Gasteiger partial charge is 0.262 e. The van der Waals surface area contributed by atoms with Crippen LogP contribution in [0.2, 0.25) is 0 Å². The third kappa shape index (κ3) is 6.21. The van der Waals surface area contributed by atoms with Crippen LogP contribution < -0.4 is 10.1 Å². The van der Waals surface area contributed by atoms with Crippen LogP contribution in [-0.2, 0) is 4.79 Å². The first-order valence-electron chi connectivity index (χ1n) is 8.84. The van der Waals surface area contributed by atoms with E-state index in [-0.39, 0.29) is 17.5 Å². The summed E-state index contributed by atoms with van der Waals surface area (Å²) >= 11 is 3.49. The molecule has 1 saturated carbocycles. The summed E-state index contributed by atoms with van der Waals surface area (Å²) in [7, 11) is 0. The number of rotatable bonds is 6. The standard InChI is InChI=1S/C20H25BrN2O2/c1-14(2)13-25-19-9-8-15(11-18(19)21)10-16(12-22)20(24)23-17-6-4-3-5-7-17/h8-11,14,17H,3-7,13H2,1-2H3,(H,23,24)/b16-10+. The summed E-state index contributed by atoms with van der Waals surface area (Å²) in [6.07, 6.45) is 7.13. The lowest BCUT2D eigenvalue weighted by Gasteiger charge is -2.22. The fourth-order valence-corrected chi connectivity index (χ4v) is 3.32. The van der Waals surface area contributed by atoms with Gasteiger partial charge in [-0.2, -0.15) is 5.26 Å². The fraction of sp³-hybridized carbons (Fsp3) is 0.500. The number of nitrogens with zero attached hydrogens (tertiary/aromatic N) is 1. The quantitative estimate of drug-likeness (QED) is 0.544. The van der Waals surface area contributed by atoms with Gasteiger partial charge in [-0.15, -0.1) is 0 Å². The predicted octanol–water partition coefficient (Wildman–Crippen LogP) is 4.84. The van der Waals surface area contributed by atoms with Gasteiger partial charge in [0.15, 0.2) is 0 Å². The Kier molecular flexibility index (Phi) is 7.52. The van der Waals surface area contributed by atoms with Crippen molar-refractivity contribution in [2.24, 2.45) is 5.92 Å². The minimum absolute atomic E-state index is 0.133. The van der Waals surface area contributed by atoms with Crippen molar-refractivity contribution < 1.29 is 9.53 Å². The van der Waals surface area contributed by atoms with Gasteiger partial charge in [-0.3, -0.25) is 4.79 Å². The van der Waals surface area contributed by atoms with E-state index in [1.165, 1.54) is 6.42 Å². The van der Waals surface area contributed by atoms with Gasteiger partial charge >= 0.3 is 0 Å². The van der Waals surface area contributed by atoms with E-state index in [0.29, 0.717) is 12.5 Å². The van der Waals surface area contributed by atoms with Crippen LogP contribution in [0.25, 0.3) is 6.08 Å². The summed E-state index contributed by atoms with van der Waals surface area (Å²) in [6, 6.07) is 7.78. The van der Waals surface area contributed by atoms with Crippen LogP contribution in [0.5, 0.6) is 5.75 Å². The Morgan fingerprint density at radius 3 is 2.72 bits per heavy atom. The van der Waals surface area contributed by atoms with Crippen LogP contribution in [0.4, 0.5) is 0 Å². The molecule has 25 heavy (non-hydrogen) atoms. The van der Waals surface area contributed by atoms with Crippen molar-refractivity contribution in [1.82, 2.24) is 5.32 Å². The largest absolute Gasteiger partial charge is 0.492 e. The zero-order valence-corrected chi connectivity index (χ0v) is 16.4. The van der Waals surface area contributed by atoms with Crippen LogP contribution in [-0.4, -0.2) is 18.6 Å². The van der Waals surface area contributed by atoms with Gasteiger partial charge in [-0.1, -0.05) is 39.2 Å². The number of amides is 1. The maximum atomic E-state index is 12.3. The molecular weight excluding hydrogens is 380 g/mol. The molecule has 1 N–H and O–H groups in total. The molecule has 1 amide bonds. The zero-order valence-electron chi connectivity index (χ0n) is 14.8. The molecule has 1 fully saturated rings. The fourth-order valence-electron chi connectivity index (χ4n) is 2.81. The van der Waals surface area contributed by atoms with Gasteiger partial charge in [-0.05, 0) is 58.5 Å². The molecule has 1 aliphatic carbocycles. The number of carbonyl (C=O) groups is 1. The molecule has 0 saturated heterocycles. The Hall–Kier alpha value is -1.80. The molecule has 0 atom stereocenters. The number of hydrogen-bond acceptors (Lipinski definition) is 3. The van der Waals surface area contributed by atoms with Crippen molar-refractivity contribution >= 4 is 27.9 Å². The number of benzene rings is 1. The van der Waals surface area contributed by atoms with Crippen molar-refractivity contribution in [2.75, 3.05) is 6.61 Å². The third-order valence-electron chi connectivity index (χ3n) is 4.14. The summed E-state index contributed by atoms with van der Waals surface area (Å²) in [6.45, 7) is 4.82. The second-order valence-electron chi connectivity index (χ2n) is 6.87. The van der Waals surface area contributed by atoms with Crippen molar-refractivity contribution in [3.05, 3.63) is 33.8 Å². The average molecular weight is 405 g/mol. The van der Waals surface area contributed by atoms with Gasteiger partial charge in [0.2, 0.25) is 0 Å². The molecule has 0 aliphatic heterocycles. The van der Waals surface area contributed by atoms with E-state index in [1.807, 2.05) is 24.3 Å². The van der Waals surface area contributed by atoms with Crippen LogP contribution in [0, 0.1) is 17.2 Å². The summed E-state index contributed by atoms with van der Waals surface area (Å²) in [5.41, 5.74) is 0.924. The lowest BCUT2D eigenvalue weighted by molar-refractivity contribution is -0.117. The third-order valence-corrected chi connectivity index (χ3v) is 4.76. The molecule has 0 bridgehead atoms. The number of ether oxygens (including phenoxy) is 1. The van der Waals surface area contributed by atoms with Crippen molar-refractivity contribution in [2.45, 2.75) is 52.0 Å². The molecule has 0 aromatic heterocycles. The van der Waals surface area contributed by atoms with E-state index in [0.717, 1.165) is 41.5 Å². The van der Waals surface area contributed by atoms with Gasteiger partial charge in [0.25, 0.3) is 5.91 Å². The summed E-state index contributed by atoms with van der Waals surface area (Å²) in [4.78, 5) is 12.3. The van der Waals surface area contributed by atoms with Crippen LogP contribution in [0.1, 0.15) is 51.5 Å². The molecule has 0 unspecified atom stereocenters. The molecule has 4 nitrogen and oxygen atoms in total. The van der Waals surface area contributed by atoms with Crippen LogP contribution >= 0.6 is 15.9 Å². The monoisotopic (exact) mass is 404 g/mol. The maximum Gasteiger partial charge on any atom is 0.262 e. The van der Waals surface area contributed by atoms with E-state index in [4.69, 9.17) is 4.74 Å². The highest BCUT2D eigenvalue weighted by Crippen LogP contribution is 2.27. The topological polar surface area (TPSA) is 62.1 Å². The number of nitriles is 1. The molecule has 2 rings (SSSR count). The highest BCUT2D eigenvalue weighted by molar-refractivity contribution is 9.10. The van der Waals surface area contributed by atoms with Crippen molar-refractivity contribution in [1.29, 1.82) is 5.26 Å². The van der Waals surface area contributed by atoms with Gasteiger partial charge in [0, 0.05) is 6.04 Å². The number of hydrogen-bond donors (Lipinski definition) is 1. The highest BCUT2D eigenvalue weighted by atomic mass is 79.9. The summed E-state index contributed by atoms with van der Waals surface area (Å²) < 4.78 is 6.53. The molecule has 0 radical (unpaired) electrons. The first-order chi connectivity index (χ1) is 12.0. The first-order valence-corrected chi connectivity index (χ1v) is 9.64. The van der Waals surface area contributed by atoms with Crippen molar-refractivity contribution in [3.8, 4) is 11.8 Å². The number of nitrogens with one attached hydrogen (secondary N) is 1. The zero-order chi connectivity index (χ0) is 18.2. The highest BCUT2D eigenvalue weighted by Gasteiger charge is 2.18. The Bertz CT molecular complexity index is 671. The SMILES string of the molecule is CC(C)COc1ccc(/C=C(\C#N)C(=O)NC2CCCCC2)cc1Br. The van der Waals surface area contributed by atoms with E-state index in [1.54, 1.807) is 6.08 Å². The lowest BCUT2D eigenvalue weighted by atomic mass is 9.95. The normalized spacial score (nSPS) is 15.7. The first kappa shape index (κ1) is 19.5. The van der Waals surface area contributed by atoms with Gasteiger partial charge in [0.1, 0.15) is 17.4 Å². The lowest BCUT2D eigenvalue weighted by Crippen LogP contribution is -2.36.